The second kappa shape index (κ2) is 9.57. The number of halogens is 4. The third kappa shape index (κ3) is 5.89. The Hall–Kier alpha value is -1.34. The van der Waals surface area contributed by atoms with Gasteiger partial charge in [0.05, 0.1) is 19.8 Å². The quantitative estimate of drug-likeness (QED) is 0.376. The zero-order valence-corrected chi connectivity index (χ0v) is 11.8. The first-order chi connectivity index (χ1) is 10.1. The summed E-state index contributed by atoms with van der Waals surface area (Å²) in [6, 6.07) is 0.127. The topological polar surface area (TPSA) is 27.7 Å². The van der Waals surface area contributed by atoms with Crippen LogP contribution in [0.2, 0.25) is 0 Å². The zero-order chi connectivity index (χ0) is 15.7. The third-order valence-electron chi connectivity index (χ3n) is 2.56. The normalized spacial score (nSPS) is 10.9. The molecule has 0 fully saturated rings. The first kappa shape index (κ1) is 17.7. The van der Waals surface area contributed by atoms with E-state index >= 15 is 0 Å². The van der Waals surface area contributed by atoms with Crippen molar-refractivity contribution >= 4 is 0 Å². The van der Waals surface area contributed by atoms with E-state index < -0.39 is 29.0 Å². The van der Waals surface area contributed by atoms with Gasteiger partial charge in [0.2, 0.25) is 11.6 Å². The number of unbranched alkanes of at least 4 members (excludes halogenated alkanes) is 1. The molecule has 120 valence electrons. The molecule has 1 rings (SSSR count). The molecular weight excluding hydrogens is 292 g/mol. The SMILES string of the molecule is CCCCOCCOCCOc1c(F)c(F)cc(F)c1F. The molecule has 0 saturated carbocycles. The summed E-state index contributed by atoms with van der Waals surface area (Å²) in [6.07, 6.45) is 2.00. The highest BCUT2D eigenvalue weighted by Gasteiger charge is 2.20. The Morgan fingerprint density at radius 2 is 1.33 bits per heavy atom. The second-order valence-electron chi connectivity index (χ2n) is 4.22. The fourth-order valence-electron chi connectivity index (χ4n) is 1.45. The Labute approximate surface area is 120 Å². The highest BCUT2D eigenvalue weighted by molar-refractivity contribution is 5.28. The number of hydrogen-bond donors (Lipinski definition) is 0. The summed E-state index contributed by atoms with van der Waals surface area (Å²) < 4.78 is 67.2. The lowest BCUT2D eigenvalue weighted by Gasteiger charge is -2.10. The van der Waals surface area contributed by atoms with Crippen LogP contribution in [0.4, 0.5) is 17.6 Å². The van der Waals surface area contributed by atoms with Crippen LogP contribution in [0.25, 0.3) is 0 Å². The van der Waals surface area contributed by atoms with Gasteiger partial charge in [-0.15, -0.1) is 0 Å². The van der Waals surface area contributed by atoms with E-state index in [9.17, 15) is 17.6 Å². The molecule has 0 unspecified atom stereocenters. The van der Waals surface area contributed by atoms with Gasteiger partial charge in [0.1, 0.15) is 6.61 Å². The van der Waals surface area contributed by atoms with Gasteiger partial charge in [-0.3, -0.25) is 0 Å². The van der Waals surface area contributed by atoms with Crippen LogP contribution in [0.1, 0.15) is 19.8 Å². The predicted molar refractivity (Wildman–Crippen MR) is 68.3 cm³/mol. The van der Waals surface area contributed by atoms with Crippen molar-refractivity contribution in [2.45, 2.75) is 19.8 Å². The Morgan fingerprint density at radius 1 is 0.810 bits per heavy atom. The van der Waals surface area contributed by atoms with Gasteiger partial charge >= 0.3 is 0 Å². The fraction of sp³-hybridized carbons (Fsp3) is 0.571. The van der Waals surface area contributed by atoms with Crippen molar-refractivity contribution in [3.8, 4) is 5.75 Å². The Morgan fingerprint density at radius 3 is 1.90 bits per heavy atom. The molecule has 0 amide bonds. The molecule has 0 aliphatic rings. The lowest BCUT2D eigenvalue weighted by molar-refractivity contribution is 0.0345. The van der Waals surface area contributed by atoms with Crippen molar-refractivity contribution in [1.82, 2.24) is 0 Å². The molecule has 0 N–H and O–H groups in total. The average Bonchev–Trinajstić information content (AvgIpc) is 2.46. The molecule has 0 heterocycles. The van der Waals surface area contributed by atoms with Crippen LogP contribution in [0.3, 0.4) is 0 Å². The van der Waals surface area contributed by atoms with Crippen molar-refractivity contribution < 1.29 is 31.8 Å². The number of ether oxygens (including phenoxy) is 3. The molecule has 0 aliphatic carbocycles. The van der Waals surface area contributed by atoms with Gasteiger partial charge < -0.3 is 14.2 Å². The van der Waals surface area contributed by atoms with Crippen molar-refractivity contribution in [1.29, 1.82) is 0 Å². The lowest BCUT2D eigenvalue weighted by Crippen LogP contribution is -2.13. The van der Waals surface area contributed by atoms with E-state index in [1.807, 2.05) is 6.92 Å². The molecular formula is C14H18F4O3. The first-order valence-corrected chi connectivity index (χ1v) is 6.69. The average molecular weight is 310 g/mol. The predicted octanol–water partition coefficient (Wildman–Crippen LogP) is 3.46. The summed E-state index contributed by atoms with van der Waals surface area (Å²) in [7, 11) is 0. The standard InChI is InChI=1S/C14H18F4O3/c1-2-3-4-19-5-6-20-7-8-21-14-12(17)10(15)9-11(16)13(14)18/h9H,2-8H2,1H3. The van der Waals surface area contributed by atoms with Crippen LogP contribution >= 0.6 is 0 Å². The molecule has 0 spiro atoms. The minimum Gasteiger partial charge on any atom is -0.485 e. The van der Waals surface area contributed by atoms with E-state index in [2.05, 4.69) is 4.74 Å². The molecule has 0 aliphatic heterocycles. The summed E-state index contributed by atoms with van der Waals surface area (Å²) in [6.45, 7) is 3.19. The lowest BCUT2D eigenvalue weighted by atomic mass is 10.3. The summed E-state index contributed by atoms with van der Waals surface area (Å²) >= 11 is 0. The van der Waals surface area contributed by atoms with E-state index in [-0.39, 0.29) is 19.3 Å². The zero-order valence-electron chi connectivity index (χ0n) is 11.8. The highest BCUT2D eigenvalue weighted by atomic mass is 19.2. The monoisotopic (exact) mass is 310 g/mol. The van der Waals surface area contributed by atoms with Crippen molar-refractivity contribution in [2.24, 2.45) is 0 Å². The first-order valence-electron chi connectivity index (χ1n) is 6.69. The minimum atomic E-state index is -1.56. The fourth-order valence-corrected chi connectivity index (χ4v) is 1.45. The van der Waals surface area contributed by atoms with E-state index in [1.54, 1.807) is 0 Å². The van der Waals surface area contributed by atoms with Gasteiger partial charge in [-0.05, 0) is 6.42 Å². The molecule has 0 bridgehead atoms. The van der Waals surface area contributed by atoms with Crippen molar-refractivity contribution in [3.63, 3.8) is 0 Å². The molecule has 1 aromatic rings. The Kier molecular flexibility index (Phi) is 8.07. The molecule has 0 atom stereocenters. The Bertz CT molecular complexity index is 414. The third-order valence-corrected chi connectivity index (χ3v) is 2.56. The van der Waals surface area contributed by atoms with Gasteiger partial charge in [-0.2, -0.15) is 8.78 Å². The van der Waals surface area contributed by atoms with Crippen LogP contribution in [-0.2, 0) is 9.47 Å². The number of rotatable bonds is 10. The van der Waals surface area contributed by atoms with Crippen LogP contribution in [0.5, 0.6) is 5.75 Å². The largest absolute Gasteiger partial charge is 0.485 e. The van der Waals surface area contributed by atoms with Gasteiger partial charge in [-0.25, -0.2) is 8.78 Å². The van der Waals surface area contributed by atoms with Crippen LogP contribution < -0.4 is 4.74 Å². The smallest absolute Gasteiger partial charge is 0.203 e. The van der Waals surface area contributed by atoms with Crippen LogP contribution in [-0.4, -0.2) is 33.0 Å². The summed E-state index contributed by atoms with van der Waals surface area (Å²) in [5, 5.41) is 0. The summed E-state index contributed by atoms with van der Waals surface area (Å²) in [5.41, 5.74) is 0. The maximum atomic E-state index is 13.2. The molecule has 3 nitrogen and oxygen atoms in total. The molecule has 0 saturated heterocycles. The minimum absolute atomic E-state index is 0.0220. The highest BCUT2D eigenvalue weighted by Crippen LogP contribution is 2.26. The summed E-state index contributed by atoms with van der Waals surface area (Å²) in [4.78, 5) is 0. The maximum absolute atomic E-state index is 13.2. The van der Waals surface area contributed by atoms with E-state index in [0.717, 1.165) is 12.8 Å². The summed E-state index contributed by atoms with van der Waals surface area (Å²) in [5.74, 6) is -7.20. The Balaban J connectivity index is 2.24. The maximum Gasteiger partial charge on any atom is 0.203 e. The van der Waals surface area contributed by atoms with E-state index in [4.69, 9.17) is 9.47 Å². The van der Waals surface area contributed by atoms with Crippen molar-refractivity contribution in [2.75, 3.05) is 33.0 Å². The molecule has 1 aromatic carbocycles. The van der Waals surface area contributed by atoms with Gasteiger partial charge in [0.25, 0.3) is 0 Å². The van der Waals surface area contributed by atoms with E-state index in [1.165, 1.54) is 0 Å². The number of benzene rings is 1. The van der Waals surface area contributed by atoms with Crippen LogP contribution in [0, 0.1) is 23.3 Å². The molecule has 7 heteroatoms. The van der Waals surface area contributed by atoms with E-state index in [0.29, 0.717) is 19.8 Å². The van der Waals surface area contributed by atoms with Gasteiger partial charge in [-0.1, -0.05) is 13.3 Å². The van der Waals surface area contributed by atoms with Gasteiger partial charge in [0, 0.05) is 12.7 Å². The van der Waals surface area contributed by atoms with Crippen molar-refractivity contribution in [3.05, 3.63) is 29.3 Å². The van der Waals surface area contributed by atoms with Gasteiger partial charge in [0.15, 0.2) is 17.4 Å². The second-order valence-corrected chi connectivity index (χ2v) is 4.22. The molecule has 0 radical (unpaired) electrons. The molecule has 0 aromatic heterocycles. The number of hydrogen-bond acceptors (Lipinski definition) is 3. The molecule has 21 heavy (non-hydrogen) atoms. The van der Waals surface area contributed by atoms with Crippen LogP contribution in [0.15, 0.2) is 6.07 Å².